The molecule has 5 aliphatic carbocycles. The van der Waals surface area contributed by atoms with E-state index in [1.807, 2.05) is 5.57 Å². The van der Waals surface area contributed by atoms with Crippen LogP contribution < -0.4 is 0 Å². The first-order valence-electron chi connectivity index (χ1n) is 15.2. The molecule has 1 spiro atoms. The molecule has 0 aliphatic heterocycles. The van der Waals surface area contributed by atoms with Gasteiger partial charge in [0, 0.05) is 0 Å². The molecule has 0 aromatic heterocycles. The molecule has 5 rings (SSSR count). The lowest BCUT2D eigenvalue weighted by molar-refractivity contribution is -0.131. The second kappa shape index (κ2) is 10.6. The van der Waals surface area contributed by atoms with Crippen molar-refractivity contribution in [2.45, 2.75) is 144 Å². The van der Waals surface area contributed by atoms with E-state index in [1.54, 1.807) is 38.5 Å². The molecule has 0 aromatic carbocycles. The number of allylic oxidation sites excluding steroid dienone is 2. The van der Waals surface area contributed by atoms with Crippen molar-refractivity contribution in [3.63, 3.8) is 0 Å². The first-order valence-corrected chi connectivity index (χ1v) is 15.2. The maximum Gasteiger partial charge on any atom is -0.00851 e. The third-order valence-corrected chi connectivity index (χ3v) is 11.6. The summed E-state index contributed by atoms with van der Waals surface area (Å²) >= 11 is 0. The standard InChI is InChI=1S/C28H46.C4H10/c1-4-6-7-9-21-19-28-17-15-25-23(26(28)13-12-24(21)28)11-10-22-18-20(8-5-2)14-16-27(22,25)3;1-3-4-2/h10,20-21,23-26H,4-9,11-19H2,1-3H3;3-4H2,1-2H3/t20?,21-,23+,24+,25-,26-,27?,28-;/m0./s1. The molecule has 5 aliphatic rings. The summed E-state index contributed by atoms with van der Waals surface area (Å²) < 4.78 is 0. The Morgan fingerprint density at radius 3 is 2.28 bits per heavy atom. The zero-order valence-electron chi connectivity index (χ0n) is 22.6. The minimum Gasteiger partial charge on any atom is -0.0845 e. The maximum atomic E-state index is 2.80. The normalized spacial score (nSPS) is 44.1. The van der Waals surface area contributed by atoms with Gasteiger partial charge in [-0.1, -0.05) is 97.6 Å². The number of hydrogen-bond donors (Lipinski definition) is 0. The van der Waals surface area contributed by atoms with Crippen molar-refractivity contribution in [3.05, 3.63) is 11.6 Å². The molecule has 0 saturated heterocycles. The lowest BCUT2D eigenvalue weighted by Crippen LogP contribution is -2.56. The van der Waals surface area contributed by atoms with Crippen molar-refractivity contribution in [3.8, 4) is 0 Å². The SMILES string of the molecule is CCCC.CCCCC[C@H]1C[C@]23CC[C@H]4[C@@H](CC=C5CC(CCC)CCC54C)[C@@H]2CC[C@H]13. The van der Waals surface area contributed by atoms with Crippen molar-refractivity contribution < 1.29 is 0 Å². The zero-order chi connectivity index (χ0) is 22.8. The summed E-state index contributed by atoms with van der Waals surface area (Å²) in [6.07, 6.45) is 28.1. The van der Waals surface area contributed by atoms with Crippen LogP contribution in [0, 0.1) is 46.3 Å². The lowest BCUT2D eigenvalue weighted by Gasteiger charge is -2.64. The van der Waals surface area contributed by atoms with Crippen LogP contribution in [0.4, 0.5) is 0 Å². The Balaban J connectivity index is 0.000000567. The second-order valence-electron chi connectivity index (χ2n) is 13.1. The highest BCUT2D eigenvalue weighted by Crippen LogP contribution is 2.74. The monoisotopic (exact) mass is 440 g/mol. The highest BCUT2D eigenvalue weighted by atomic mass is 14.7. The fourth-order valence-corrected chi connectivity index (χ4v) is 9.78. The molecule has 0 aromatic rings. The van der Waals surface area contributed by atoms with Crippen LogP contribution in [0.25, 0.3) is 0 Å². The van der Waals surface area contributed by atoms with E-state index in [2.05, 4.69) is 40.7 Å². The Kier molecular flexibility index (Phi) is 8.20. The van der Waals surface area contributed by atoms with E-state index < -0.39 is 0 Å². The Hall–Kier alpha value is -0.260. The third-order valence-electron chi connectivity index (χ3n) is 11.6. The zero-order valence-corrected chi connectivity index (χ0v) is 22.6. The highest BCUT2D eigenvalue weighted by molar-refractivity contribution is 5.26. The van der Waals surface area contributed by atoms with E-state index in [9.17, 15) is 0 Å². The van der Waals surface area contributed by atoms with E-state index in [-0.39, 0.29) is 0 Å². The fraction of sp³-hybridized carbons (Fsp3) is 0.938. The van der Waals surface area contributed by atoms with Gasteiger partial charge in [-0.25, -0.2) is 0 Å². The second-order valence-corrected chi connectivity index (χ2v) is 13.1. The number of hydrogen-bond acceptors (Lipinski definition) is 0. The van der Waals surface area contributed by atoms with Crippen molar-refractivity contribution in [1.29, 1.82) is 0 Å². The minimum atomic E-state index is 0.580. The Bertz CT molecular complexity index is 628. The summed E-state index contributed by atoms with van der Waals surface area (Å²) in [5.74, 6) is 6.43. The summed E-state index contributed by atoms with van der Waals surface area (Å²) in [6.45, 7) is 11.8. The maximum absolute atomic E-state index is 2.80. The van der Waals surface area contributed by atoms with Crippen LogP contribution in [0.1, 0.15) is 144 Å². The van der Waals surface area contributed by atoms with Gasteiger partial charge in [-0.05, 0) is 104 Å². The van der Waals surface area contributed by atoms with Gasteiger partial charge in [0.15, 0.2) is 0 Å². The van der Waals surface area contributed by atoms with E-state index in [0.717, 1.165) is 40.9 Å². The Labute approximate surface area is 201 Å². The first kappa shape index (κ1) is 24.9. The number of fused-ring (bicyclic) bond motifs is 4. The molecule has 0 heterocycles. The van der Waals surface area contributed by atoms with Crippen LogP contribution in [0.15, 0.2) is 11.6 Å². The Morgan fingerprint density at radius 2 is 1.56 bits per heavy atom. The van der Waals surface area contributed by atoms with Crippen molar-refractivity contribution in [1.82, 2.24) is 0 Å². The lowest BCUT2D eigenvalue weighted by atomic mass is 9.41. The smallest absolute Gasteiger partial charge is 0.00851 e. The van der Waals surface area contributed by atoms with E-state index >= 15 is 0 Å². The van der Waals surface area contributed by atoms with Gasteiger partial charge in [0.1, 0.15) is 0 Å². The molecule has 0 nitrogen and oxygen atoms in total. The van der Waals surface area contributed by atoms with Crippen LogP contribution in [0.5, 0.6) is 0 Å². The number of unbranched alkanes of at least 4 members (excludes halogenated alkanes) is 3. The largest absolute Gasteiger partial charge is 0.0845 e. The van der Waals surface area contributed by atoms with Crippen LogP contribution in [0.2, 0.25) is 0 Å². The molecule has 0 radical (unpaired) electrons. The van der Waals surface area contributed by atoms with Crippen LogP contribution >= 0.6 is 0 Å². The minimum absolute atomic E-state index is 0.580. The van der Waals surface area contributed by atoms with E-state index in [1.165, 1.54) is 70.6 Å². The predicted molar refractivity (Wildman–Crippen MR) is 141 cm³/mol. The molecule has 0 heteroatoms. The molecule has 184 valence electrons. The average Bonchev–Trinajstić information content (AvgIpc) is 3.09. The van der Waals surface area contributed by atoms with Gasteiger partial charge in [-0.2, -0.15) is 0 Å². The number of rotatable bonds is 7. The highest BCUT2D eigenvalue weighted by Gasteiger charge is 2.65. The van der Waals surface area contributed by atoms with Gasteiger partial charge in [0.2, 0.25) is 0 Å². The summed E-state index contributed by atoms with van der Waals surface area (Å²) in [6, 6.07) is 0. The molecule has 32 heavy (non-hydrogen) atoms. The summed E-state index contributed by atoms with van der Waals surface area (Å²) in [5.41, 5.74) is 3.31. The van der Waals surface area contributed by atoms with Gasteiger partial charge < -0.3 is 0 Å². The van der Waals surface area contributed by atoms with E-state index in [0.29, 0.717) is 5.41 Å². The Morgan fingerprint density at radius 1 is 0.781 bits per heavy atom. The quantitative estimate of drug-likeness (QED) is 0.273. The van der Waals surface area contributed by atoms with Gasteiger partial charge in [-0.3, -0.25) is 0 Å². The van der Waals surface area contributed by atoms with Crippen molar-refractivity contribution in [2.75, 3.05) is 0 Å². The van der Waals surface area contributed by atoms with Crippen molar-refractivity contribution >= 4 is 0 Å². The van der Waals surface area contributed by atoms with Gasteiger partial charge in [0.25, 0.3) is 0 Å². The van der Waals surface area contributed by atoms with Crippen molar-refractivity contribution in [2.24, 2.45) is 46.3 Å². The molecular weight excluding hydrogens is 384 g/mol. The third kappa shape index (κ3) is 4.28. The van der Waals surface area contributed by atoms with Crippen LogP contribution in [-0.2, 0) is 0 Å². The predicted octanol–water partition coefficient (Wildman–Crippen LogP) is 10.4. The van der Waals surface area contributed by atoms with Gasteiger partial charge in [0.05, 0.1) is 0 Å². The molecule has 0 bridgehead atoms. The topological polar surface area (TPSA) is 0 Å². The van der Waals surface area contributed by atoms with Gasteiger partial charge >= 0.3 is 0 Å². The average molecular weight is 441 g/mol. The molecule has 4 saturated carbocycles. The van der Waals surface area contributed by atoms with Crippen LogP contribution in [0.3, 0.4) is 0 Å². The van der Waals surface area contributed by atoms with E-state index in [4.69, 9.17) is 0 Å². The first-order chi connectivity index (χ1) is 15.5. The molecule has 8 atom stereocenters. The summed E-state index contributed by atoms with van der Waals surface area (Å²) in [5, 5.41) is 0. The summed E-state index contributed by atoms with van der Waals surface area (Å²) in [4.78, 5) is 0. The molecule has 0 amide bonds. The van der Waals surface area contributed by atoms with Crippen LogP contribution in [-0.4, -0.2) is 0 Å². The summed E-state index contributed by atoms with van der Waals surface area (Å²) in [7, 11) is 0. The molecule has 0 N–H and O–H groups in total. The molecular formula is C32H56. The van der Waals surface area contributed by atoms with Gasteiger partial charge in [-0.15, -0.1) is 0 Å². The molecule has 4 fully saturated rings. The molecule has 2 unspecified atom stereocenters. The fourth-order valence-electron chi connectivity index (χ4n) is 9.78.